The van der Waals surface area contributed by atoms with Crippen LogP contribution in [0.1, 0.15) is 20.3 Å². The maximum atomic E-state index is 9.60. The number of carboxylic acid groups (broad SMARTS) is 1. The zero-order valence-corrected chi connectivity index (χ0v) is 7.67. The van der Waals surface area contributed by atoms with Crippen molar-refractivity contribution in [1.29, 1.82) is 0 Å². The zero-order chi connectivity index (χ0) is 9.56. The molecule has 1 aliphatic heterocycles. The number of aliphatic carboxylic acids is 1. The minimum absolute atomic E-state index is 0.176. The zero-order valence-electron chi connectivity index (χ0n) is 7.67. The van der Waals surface area contributed by atoms with Crippen molar-refractivity contribution in [2.24, 2.45) is 5.92 Å². The van der Waals surface area contributed by atoms with Crippen LogP contribution in [0.2, 0.25) is 0 Å². The van der Waals surface area contributed by atoms with Crippen LogP contribution in [0.25, 0.3) is 0 Å². The highest BCUT2D eigenvalue weighted by molar-refractivity contribution is 5.84. The SMILES string of the molecule is C=C(C)C(=O)O.CC1CCOC1. The number of carboxylic acids is 1. The molecule has 0 saturated carbocycles. The number of ether oxygens (including phenoxy) is 1. The molecular weight excluding hydrogens is 156 g/mol. The minimum atomic E-state index is -0.935. The van der Waals surface area contributed by atoms with Crippen LogP contribution in [0.5, 0.6) is 0 Å². The lowest BCUT2D eigenvalue weighted by atomic mass is 10.2. The molecule has 12 heavy (non-hydrogen) atoms. The van der Waals surface area contributed by atoms with Gasteiger partial charge in [-0.1, -0.05) is 13.5 Å². The molecule has 1 rings (SSSR count). The van der Waals surface area contributed by atoms with Gasteiger partial charge in [-0.3, -0.25) is 0 Å². The smallest absolute Gasteiger partial charge is 0.330 e. The third-order valence-electron chi connectivity index (χ3n) is 1.52. The van der Waals surface area contributed by atoms with Crippen LogP contribution in [0.4, 0.5) is 0 Å². The number of rotatable bonds is 1. The molecule has 1 N–H and O–H groups in total. The first kappa shape index (κ1) is 11.2. The molecule has 1 fully saturated rings. The summed E-state index contributed by atoms with van der Waals surface area (Å²) >= 11 is 0. The second-order valence-electron chi connectivity index (χ2n) is 3.05. The molecule has 0 aliphatic carbocycles. The summed E-state index contributed by atoms with van der Waals surface area (Å²) in [6.45, 7) is 8.79. The van der Waals surface area contributed by atoms with Gasteiger partial charge in [-0.25, -0.2) is 4.79 Å². The first-order chi connectivity index (χ1) is 5.54. The molecule has 0 aromatic heterocycles. The average molecular weight is 172 g/mol. The Hall–Kier alpha value is -0.830. The Kier molecular flexibility index (Phi) is 5.37. The van der Waals surface area contributed by atoms with Gasteiger partial charge >= 0.3 is 5.97 Å². The molecule has 1 aliphatic rings. The van der Waals surface area contributed by atoms with Gasteiger partial charge in [0.25, 0.3) is 0 Å². The van der Waals surface area contributed by atoms with Crippen LogP contribution in [-0.4, -0.2) is 24.3 Å². The maximum Gasteiger partial charge on any atom is 0.330 e. The Bertz CT molecular complexity index is 145. The summed E-state index contributed by atoms with van der Waals surface area (Å²) in [7, 11) is 0. The summed E-state index contributed by atoms with van der Waals surface area (Å²) in [5.74, 6) is -0.111. The van der Waals surface area contributed by atoms with E-state index in [9.17, 15) is 4.79 Å². The first-order valence-electron chi connectivity index (χ1n) is 4.00. The van der Waals surface area contributed by atoms with Crippen molar-refractivity contribution in [1.82, 2.24) is 0 Å². The largest absolute Gasteiger partial charge is 0.478 e. The monoisotopic (exact) mass is 172 g/mol. The molecule has 0 aromatic carbocycles. The normalized spacial score (nSPS) is 21.0. The molecule has 1 atom stereocenters. The van der Waals surface area contributed by atoms with Gasteiger partial charge in [0.05, 0.1) is 0 Å². The third kappa shape index (κ3) is 5.92. The fourth-order valence-electron chi connectivity index (χ4n) is 0.652. The van der Waals surface area contributed by atoms with E-state index in [1.807, 2.05) is 0 Å². The maximum absolute atomic E-state index is 9.60. The Morgan fingerprint density at radius 2 is 2.17 bits per heavy atom. The van der Waals surface area contributed by atoms with E-state index in [1.165, 1.54) is 13.3 Å². The number of hydrogen-bond acceptors (Lipinski definition) is 2. The van der Waals surface area contributed by atoms with Crippen molar-refractivity contribution in [3.63, 3.8) is 0 Å². The van der Waals surface area contributed by atoms with Crippen molar-refractivity contribution in [3.8, 4) is 0 Å². The highest BCUT2D eigenvalue weighted by atomic mass is 16.5. The van der Waals surface area contributed by atoms with Gasteiger partial charge < -0.3 is 9.84 Å². The van der Waals surface area contributed by atoms with Gasteiger partial charge in [0.15, 0.2) is 0 Å². The topological polar surface area (TPSA) is 46.5 Å². The Morgan fingerprint density at radius 3 is 2.25 bits per heavy atom. The standard InChI is InChI=1S/C5H10O.C4H6O2/c1-5-2-3-6-4-5;1-3(2)4(5)6/h5H,2-4H2,1H3;1H2,2H3,(H,5,6). The molecule has 0 amide bonds. The predicted molar refractivity (Wildman–Crippen MR) is 47.0 cm³/mol. The van der Waals surface area contributed by atoms with Gasteiger partial charge in [0.2, 0.25) is 0 Å². The van der Waals surface area contributed by atoms with Crippen LogP contribution in [0, 0.1) is 5.92 Å². The molecule has 0 bridgehead atoms. The average Bonchev–Trinajstić information content (AvgIpc) is 2.40. The van der Waals surface area contributed by atoms with E-state index in [4.69, 9.17) is 9.84 Å². The summed E-state index contributed by atoms with van der Waals surface area (Å²) in [6, 6.07) is 0. The van der Waals surface area contributed by atoms with E-state index < -0.39 is 5.97 Å². The fourth-order valence-corrected chi connectivity index (χ4v) is 0.652. The van der Waals surface area contributed by atoms with Crippen LogP contribution < -0.4 is 0 Å². The van der Waals surface area contributed by atoms with Crippen molar-refractivity contribution in [2.45, 2.75) is 20.3 Å². The summed E-state index contributed by atoms with van der Waals surface area (Å²) < 4.78 is 5.06. The van der Waals surface area contributed by atoms with Gasteiger partial charge in [-0.15, -0.1) is 0 Å². The molecule has 1 unspecified atom stereocenters. The van der Waals surface area contributed by atoms with Gasteiger partial charge in [0.1, 0.15) is 0 Å². The molecule has 0 radical (unpaired) electrons. The van der Waals surface area contributed by atoms with Gasteiger partial charge in [-0.2, -0.15) is 0 Å². The Labute approximate surface area is 73.0 Å². The second kappa shape index (κ2) is 5.77. The molecule has 70 valence electrons. The van der Waals surface area contributed by atoms with E-state index in [1.54, 1.807) is 0 Å². The summed E-state index contributed by atoms with van der Waals surface area (Å²) in [4.78, 5) is 9.60. The lowest BCUT2D eigenvalue weighted by Gasteiger charge is -1.89. The lowest BCUT2D eigenvalue weighted by molar-refractivity contribution is -0.132. The quantitative estimate of drug-likeness (QED) is 0.612. The summed E-state index contributed by atoms with van der Waals surface area (Å²) in [5.41, 5.74) is 0.176. The van der Waals surface area contributed by atoms with E-state index in [0.717, 1.165) is 19.1 Å². The van der Waals surface area contributed by atoms with Crippen molar-refractivity contribution in [2.75, 3.05) is 13.2 Å². The van der Waals surface area contributed by atoms with E-state index >= 15 is 0 Å². The molecule has 3 nitrogen and oxygen atoms in total. The summed E-state index contributed by atoms with van der Waals surface area (Å²) in [6.07, 6.45) is 1.26. The first-order valence-corrected chi connectivity index (χ1v) is 4.00. The Balaban J connectivity index is 0.000000202. The molecule has 1 saturated heterocycles. The van der Waals surface area contributed by atoms with Crippen LogP contribution in [0.3, 0.4) is 0 Å². The summed E-state index contributed by atoms with van der Waals surface area (Å²) in [5, 5.41) is 7.89. The van der Waals surface area contributed by atoms with E-state index in [0.29, 0.717) is 0 Å². The van der Waals surface area contributed by atoms with E-state index in [-0.39, 0.29) is 5.57 Å². The molecule has 3 heteroatoms. The predicted octanol–water partition coefficient (Wildman–Crippen LogP) is 1.69. The fraction of sp³-hybridized carbons (Fsp3) is 0.667. The Morgan fingerprint density at radius 1 is 1.67 bits per heavy atom. The third-order valence-corrected chi connectivity index (χ3v) is 1.52. The molecule has 1 heterocycles. The van der Waals surface area contributed by atoms with Crippen molar-refractivity contribution in [3.05, 3.63) is 12.2 Å². The van der Waals surface area contributed by atoms with Crippen molar-refractivity contribution < 1.29 is 14.6 Å². The highest BCUT2D eigenvalue weighted by Crippen LogP contribution is 2.09. The van der Waals surface area contributed by atoms with Crippen molar-refractivity contribution >= 4 is 5.97 Å². The van der Waals surface area contributed by atoms with Crippen LogP contribution in [0.15, 0.2) is 12.2 Å². The number of carbonyl (C=O) groups is 1. The number of hydrogen-bond donors (Lipinski definition) is 1. The van der Waals surface area contributed by atoms with E-state index in [2.05, 4.69) is 13.5 Å². The second-order valence-corrected chi connectivity index (χ2v) is 3.05. The van der Waals surface area contributed by atoms with Crippen LogP contribution >= 0.6 is 0 Å². The van der Waals surface area contributed by atoms with Gasteiger partial charge in [0, 0.05) is 18.8 Å². The minimum Gasteiger partial charge on any atom is -0.478 e. The highest BCUT2D eigenvalue weighted by Gasteiger charge is 2.07. The molecule has 0 aromatic rings. The van der Waals surface area contributed by atoms with Crippen LogP contribution in [-0.2, 0) is 9.53 Å². The molecule has 0 spiro atoms. The lowest BCUT2D eigenvalue weighted by Crippen LogP contribution is -1.92. The van der Waals surface area contributed by atoms with Gasteiger partial charge in [-0.05, 0) is 19.3 Å². The molecular formula is C9H16O3.